The number of benzene rings is 2. The van der Waals surface area contributed by atoms with Gasteiger partial charge in [0.25, 0.3) is 0 Å². The Morgan fingerprint density at radius 3 is 2.96 bits per heavy atom. The highest BCUT2D eigenvalue weighted by Gasteiger charge is 2.31. The van der Waals surface area contributed by atoms with Gasteiger partial charge >= 0.3 is 0 Å². The molecule has 1 aliphatic carbocycles. The number of aliphatic hydroxyl groups is 1. The monoisotopic (exact) mass is 320 g/mol. The number of nitrogens with one attached hydrogen (secondary N) is 2. The van der Waals surface area contributed by atoms with Crippen molar-refractivity contribution < 1.29 is 9.90 Å². The lowest BCUT2D eigenvalue weighted by Crippen LogP contribution is -2.34. The van der Waals surface area contributed by atoms with Gasteiger partial charge in [-0.3, -0.25) is 4.79 Å². The molecule has 1 aliphatic rings. The van der Waals surface area contributed by atoms with Crippen LogP contribution in [0.15, 0.2) is 48.7 Å². The summed E-state index contributed by atoms with van der Waals surface area (Å²) >= 11 is 0. The van der Waals surface area contributed by atoms with E-state index in [1.165, 1.54) is 5.56 Å². The van der Waals surface area contributed by atoms with Gasteiger partial charge in [0.2, 0.25) is 5.91 Å². The summed E-state index contributed by atoms with van der Waals surface area (Å²) in [6.07, 6.45) is 2.23. The summed E-state index contributed by atoms with van der Waals surface area (Å²) in [5.74, 6) is -0.0711. The standard InChI is InChI=1S/C20H20N2O2/c1-12-5-4-8-16-14(11-21-19(12)16)10-18(24)22-20-15-7-3-2-6-13(15)9-17(20)23/h2-8,11,17,20-21,23H,9-10H2,1H3,(H,22,24). The van der Waals surface area contributed by atoms with Gasteiger partial charge < -0.3 is 15.4 Å². The van der Waals surface area contributed by atoms with Crippen molar-refractivity contribution in [2.75, 3.05) is 0 Å². The molecule has 0 aliphatic heterocycles. The molecule has 3 aromatic rings. The summed E-state index contributed by atoms with van der Waals surface area (Å²) in [5, 5.41) is 14.4. The number of carbonyl (C=O) groups excluding carboxylic acids is 1. The predicted octanol–water partition coefficient (Wildman–Crippen LogP) is 2.79. The van der Waals surface area contributed by atoms with Crippen LogP contribution in [0.4, 0.5) is 0 Å². The van der Waals surface area contributed by atoms with Crippen molar-refractivity contribution >= 4 is 16.8 Å². The molecule has 2 aromatic carbocycles. The maximum Gasteiger partial charge on any atom is 0.225 e. The van der Waals surface area contributed by atoms with E-state index in [1.54, 1.807) is 0 Å². The minimum absolute atomic E-state index is 0.0711. The average Bonchev–Trinajstić information content (AvgIpc) is 3.11. The van der Waals surface area contributed by atoms with Crippen LogP contribution >= 0.6 is 0 Å². The highest BCUT2D eigenvalue weighted by atomic mass is 16.3. The third-order valence-corrected chi connectivity index (χ3v) is 4.88. The van der Waals surface area contributed by atoms with Crippen LogP contribution in [0.25, 0.3) is 10.9 Å². The minimum atomic E-state index is -0.559. The highest BCUT2D eigenvalue weighted by molar-refractivity contribution is 5.90. The molecule has 2 unspecified atom stereocenters. The predicted molar refractivity (Wildman–Crippen MR) is 93.8 cm³/mol. The number of amides is 1. The smallest absolute Gasteiger partial charge is 0.225 e. The fourth-order valence-electron chi connectivity index (χ4n) is 3.66. The van der Waals surface area contributed by atoms with Crippen LogP contribution in [0.1, 0.15) is 28.3 Å². The largest absolute Gasteiger partial charge is 0.390 e. The maximum absolute atomic E-state index is 12.5. The molecule has 24 heavy (non-hydrogen) atoms. The van der Waals surface area contributed by atoms with Gasteiger partial charge in [0.05, 0.1) is 18.6 Å². The Morgan fingerprint density at radius 1 is 1.25 bits per heavy atom. The Morgan fingerprint density at radius 2 is 2.08 bits per heavy atom. The molecule has 0 spiro atoms. The van der Waals surface area contributed by atoms with E-state index in [4.69, 9.17) is 0 Å². The lowest BCUT2D eigenvalue weighted by atomic mass is 10.1. The molecular weight excluding hydrogens is 300 g/mol. The summed E-state index contributed by atoms with van der Waals surface area (Å²) in [6, 6.07) is 13.7. The Balaban J connectivity index is 1.54. The van der Waals surface area contributed by atoms with Crippen molar-refractivity contribution in [3.63, 3.8) is 0 Å². The Labute approximate surface area is 140 Å². The van der Waals surface area contributed by atoms with E-state index < -0.39 is 6.10 Å². The van der Waals surface area contributed by atoms with Crippen LogP contribution in [0.5, 0.6) is 0 Å². The summed E-state index contributed by atoms with van der Waals surface area (Å²) in [4.78, 5) is 15.8. The number of fused-ring (bicyclic) bond motifs is 2. The Kier molecular flexibility index (Phi) is 3.62. The van der Waals surface area contributed by atoms with Gasteiger partial charge in [-0.15, -0.1) is 0 Å². The highest BCUT2D eigenvalue weighted by Crippen LogP contribution is 2.31. The van der Waals surface area contributed by atoms with Crippen LogP contribution in [0.3, 0.4) is 0 Å². The zero-order valence-electron chi connectivity index (χ0n) is 13.5. The Hall–Kier alpha value is -2.59. The molecule has 1 heterocycles. The molecule has 1 amide bonds. The number of hydrogen-bond acceptors (Lipinski definition) is 2. The second-order valence-electron chi connectivity index (χ2n) is 6.50. The first-order chi connectivity index (χ1) is 11.6. The van der Waals surface area contributed by atoms with E-state index in [0.29, 0.717) is 12.8 Å². The van der Waals surface area contributed by atoms with E-state index in [0.717, 1.165) is 27.6 Å². The molecule has 0 saturated heterocycles. The first-order valence-corrected chi connectivity index (χ1v) is 8.24. The van der Waals surface area contributed by atoms with Crippen LogP contribution in [-0.2, 0) is 17.6 Å². The molecule has 4 heteroatoms. The molecule has 1 aromatic heterocycles. The van der Waals surface area contributed by atoms with Gasteiger partial charge in [-0.1, -0.05) is 42.5 Å². The van der Waals surface area contributed by atoms with E-state index >= 15 is 0 Å². The second kappa shape index (κ2) is 5.80. The van der Waals surface area contributed by atoms with Gasteiger partial charge in [0.1, 0.15) is 0 Å². The van der Waals surface area contributed by atoms with Gasteiger partial charge in [0.15, 0.2) is 0 Å². The molecule has 122 valence electrons. The summed E-state index contributed by atoms with van der Waals surface area (Å²) in [7, 11) is 0. The van der Waals surface area contributed by atoms with Gasteiger partial charge in [-0.2, -0.15) is 0 Å². The van der Waals surface area contributed by atoms with Gasteiger partial charge in [-0.25, -0.2) is 0 Å². The molecule has 4 rings (SSSR count). The lowest BCUT2D eigenvalue weighted by molar-refractivity contribution is -0.121. The summed E-state index contributed by atoms with van der Waals surface area (Å²) in [5.41, 5.74) is 5.35. The van der Waals surface area contributed by atoms with Crippen LogP contribution in [0, 0.1) is 6.92 Å². The summed E-state index contributed by atoms with van der Waals surface area (Å²) < 4.78 is 0. The van der Waals surface area contributed by atoms with Crippen molar-refractivity contribution in [3.8, 4) is 0 Å². The number of para-hydroxylation sites is 1. The normalized spacial score (nSPS) is 19.4. The molecule has 2 atom stereocenters. The van der Waals surface area contributed by atoms with Gasteiger partial charge in [0, 0.05) is 23.5 Å². The molecule has 3 N–H and O–H groups in total. The second-order valence-corrected chi connectivity index (χ2v) is 6.50. The summed E-state index contributed by atoms with van der Waals surface area (Å²) in [6.45, 7) is 2.05. The number of H-pyrrole nitrogens is 1. The average molecular weight is 320 g/mol. The van der Waals surface area contributed by atoms with Crippen LogP contribution in [-0.4, -0.2) is 22.1 Å². The lowest BCUT2D eigenvalue weighted by Gasteiger charge is -2.18. The first kappa shape index (κ1) is 15.0. The fourth-order valence-corrected chi connectivity index (χ4v) is 3.66. The number of carbonyl (C=O) groups is 1. The molecule has 0 saturated carbocycles. The van der Waals surface area contributed by atoms with Gasteiger partial charge in [-0.05, 0) is 29.2 Å². The third-order valence-electron chi connectivity index (χ3n) is 4.88. The molecule has 0 radical (unpaired) electrons. The number of aliphatic hydroxyl groups excluding tert-OH is 1. The topological polar surface area (TPSA) is 65.1 Å². The number of aromatic nitrogens is 1. The van der Waals surface area contributed by atoms with E-state index in [-0.39, 0.29) is 11.9 Å². The molecule has 4 nitrogen and oxygen atoms in total. The van der Waals surface area contributed by atoms with Crippen molar-refractivity contribution in [2.24, 2.45) is 0 Å². The zero-order chi connectivity index (χ0) is 16.7. The zero-order valence-corrected chi connectivity index (χ0v) is 13.5. The van der Waals surface area contributed by atoms with Crippen molar-refractivity contribution in [1.82, 2.24) is 10.3 Å². The van der Waals surface area contributed by atoms with E-state index in [2.05, 4.69) is 23.3 Å². The molecule has 0 fully saturated rings. The maximum atomic E-state index is 12.5. The molecule has 0 bridgehead atoms. The fraction of sp³-hybridized carbons (Fsp3) is 0.250. The third kappa shape index (κ3) is 2.49. The number of hydrogen-bond donors (Lipinski definition) is 3. The number of aryl methyl sites for hydroxylation is 1. The minimum Gasteiger partial charge on any atom is -0.390 e. The molecular formula is C20H20N2O2. The van der Waals surface area contributed by atoms with Crippen LogP contribution in [0.2, 0.25) is 0 Å². The van der Waals surface area contributed by atoms with E-state index in [9.17, 15) is 9.90 Å². The van der Waals surface area contributed by atoms with Crippen molar-refractivity contribution in [3.05, 3.63) is 70.9 Å². The Bertz CT molecular complexity index is 913. The number of rotatable bonds is 3. The first-order valence-electron chi connectivity index (χ1n) is 8.24. The number of aromatic amines is 1. The van der Waals surface area contributed by atoms with Crippen molar-refractivity contribution in [2.45, 2.75) is 31.9 Å². The quantitative estimate of drug-likeness (QED) is 0.695. The SMILES string of the molecule is Cc1cccc2c(CC(=O)NC3c4ccccc4CC3O)c[nH]c12. The van der Waals surface area contributed by atoms with E-state index in [1.807, 2.05) is 42.6 Å². The van der Waals surface area contributed by atoms with Crippen molar-refractivity contribution in [1.29, 1.82) is 0 Å². The van der Waals surface area contributed by atoms with Crippen LogP contribution < -0.4 is 5.32 Å².